The lowest BCUT2D eigenvalue weighted by atomic mass is 9.48. The molecule has 1 aromatic carbocycles. The molecule has 2 amide bonds. The van der Waals surface area contributed by atoms with Crippen molar-refractivity contribution >= 4 is 23.2 Å². The van der Waals surface area contributed by atoms with E-state index < -0.39 is 0 Å². The highest BCUT2D eigenvalue weighted by molar-refractivity contribution is 5.94. The van der Waals surface area contributed by atoms with Crippen LogP contribution >= 0.6 is 0 Å². The second-order valence-corrected chi connectivity index (χ2v) is 11.2. The molecule has 178 valence electrons. The summed E-state index contributed by atoms with van der Waals surface area (Å²) in [6, 6.07) is 8.17. The third kappa shape index (κ3) is 3.76. The molecule has 7 atom stereocenters. The Labute approximate surface area is 197 Å². The van der Waals surface area contributed by atoms with Gasteiger partial charge in [0.05, 0.1) is 0 Å². The number of hydrogen-bond donors (Lipinski definition) is 4. The van der Waals surface area contributed by atoms with E-state index in [1.165, 1.54) is 0 Å². The predicted octanol–water partition coefficient (Wildman–Crippen LogP) is 3.91. The predicted molar refractivity (Wildman–Crippen MR) is 132 cm³/mol. The summed E-state index contributed by atoms with van der Waals surface area (Å²) < 4.78 is 0. The number of carbonyl (C=O) groups is 2. The number of anilines is 2. The van der Waals surface area contributed by atoms with Crippen LogP contribution in [0.3, 0.4) is 0 Å². The Bertz CT molecular complexity index is 961. The fraction of sp³-hybridized carbons (Fsp3) is 0.630. The Hall–Kier alpha value is -2.34. The maximum Gasteiger partial charge on any atom is 0.243 e. The van der Waals surface area contributed by atoms with E-state index in [1.807, 2.05) is 24.3 Å². The molecule has 6 nitrogen and oxygen atoms in total. The van der Waals surface area contributed by atoms with Crippen LogP contribution in [0.4, 0.5) is 11.4 Å². The van der Waals surface area contributed by atoms with Crippen molar-refractivity contribution in [2.75, 3.05) is 23.7 Å². The quantitative estimate of drug-likeness (QED) is 0.547. The molecular formula is C27H38N4O2. The summed E-state index contributed by atoms with van der Waals surface area (Å²) in [5.74, 6) is 2.06. The van der Waals surface area contributed by atoms with Gasteiger partial charge in [-0.25, -0.2) is 0 Å². The topological polar surface area (TPSA) is 96.2 Å². The van der Waals surface area contributed by atoms with Gasteiger partial charge in [0.1, 0.15) is 0 Å². The van der Waals surface area contributed by atoms with Crippen LogP contribution in [-0.2, 0) is 9.59 Å². The van der Waals surface area contributed by atoms with Crippen molar-refractivity contribution in [1.82, 2.24) is 5.32 Å². The minimum atomic E-state index is 0.0372. The summed E-state index contributed by atoms with van der Waals surface area (Å²) in [6.45, 7) is 6.00. The molecule has 1 aliphatic heterocycles. The molecule has 0 spiro atoms. The van der Waals surface area contributed by atoms with Crippen molar-refractivity contribution in [3.8, 4) is 0 Å². The largest absolute Gasteiger partial charge is 0.384 e. The minimum absolute atomic E-state index is 0.0372. The van der Waals surface area contributed by atoms with E-state index in [2.05, 4.69) is 35.9 Å². The van der Waals surface area contributed by atoms with Crippen LogP contribution < -0.4 is 21.7 Å². The normalized spacial score (nSPS) is 39.1. The molecule has 0 bridgehead atoms. The molecule has 1 aromatic rings. The zero-order valence-electron chi connectivity index (χ0n) is 19.9. The summed E-state index contributed by atoms with van der Waals surface area (Å²) in [5.41, 5.74) is 7.51. The van der Waals surface area contributed by atoms with Gasteiger partial charge < -0.3 is 21.7 Å². The highest BCUT2D eigenvalue weighted by atomic mass is 16.2. The summed E-state index contributed by atoms with van der Waals surface area (Å²) in [5, 5.41) is 9.73. The third-order valence-electron chi connectivity index (χ3n) is 9.61. The number of nitrogens with two attached hydrogens (primary N) is 1. The lowest BCUT2D eigenvalue weighted by Gasteiger charge is -2.58. The molecule has 0 saturated heterocycles. The fourth-order valence-electron chi connectivity index (χ4n) is 7.92. The first-order valence-corrected chi connectivity index (χ1v) is 12.7. The van der Waals surface area contributed by atoms with Gasteiger partial charge in [-0.05, 0) is 86.0 Å². The van der Waals surface area contributed by atoms with Crippen LogP contribution in [0.15, 0.2) is 36.4 Å². The van der Waals surface area contributed by atoms with Gasteiger partial charge >= 0.3 is 0 Å². The molecule has 3 fully saturated rings. The molecule has 0 aromatic heterocycles. The summed E-state index contributed by atoms with van der Waals surface area (Å²) in [4.78, 5) is 25.4. The maximum absolute atomic E-state index is 13.5. The molecule has 5 N–H and O–H groups in total. The minimum Gasteiger partial charge on any atom is -0.384 e. The first kappa shape index (κ1) is 22.5. The maximum atomic E-state index is 13.5. The monoisotopic (exact) mass is 450 g/mol. The van der Waals surface area contributed by atoms with Gasteiger partial charge in [0.15, 0.2) is 0 Å². The number of fused-ring (bicyclic) bond motifs is 5. The Kier molecular flexibility index (Phi) is 5.76. The van der Waals surface area contributed by atoms with Gasteiger partial charge in [0.25, 0.3) is 0 Å². The van der Waals surface area contributed by atoms with Gasteiger partial charge in [-0.3, -0.25) is 9.59 Å². The Morgan fingerprint density at radius 1 is 1.12 bits per heavy atom. The third-order valence-corrected chi connectivity index (χ3v) is 9.61. The van der Waals surface area contributed by atoms with E-state index in [1.54, 1.807) is 6.08 Å². The summed E-state index contributed by atoms with van der Waals surface area (Å²) in [6.07, 6.45) is 10.4. The number of amides is 2. The number of hydrogen-bond acceptors (Lipinski definition) is 4. The molecule has 0 radical (unpaired) electrons. The van der Waals surface area contributed by atoms with E-state index in [-0.39, 0.29) is 34.6 Å². The molecule has 3 aliphatic carbocycles. The number of rotatable bonds is 5. The van der Waals surface area contributed by atoms with E-state index in [0.29, 0.717) is 30.8 Å². The molecule has 3 saturated carbocycles. The van der Waals surface area contributed by atoms with Crippen molar-refractivity contribution in [2.24, 2.45) is 40.2 Å². The van der Waals surface area contributed by atoms with Crippen LogP contribution in [0.2, 0.25) is 0 Å². The average molecular weight is 451 g/mol. The van der Waals surface area contributed by atoms with Crippen LogP contribution in [0.1, 0.15) is 52.4 Å². The fourth-order valence-corrected chi connectivity index (χ4v) is 7.92. The van der Waals surface area contributed by atoms with Crippen LogP contribution in [0.5, 0.6) is 0 Å². The van der Waals surface area contributed by atoms with Crippen molar-refractivity contribution < 1.29 is 9.59 Å². The standard InChI is InChI=1S/C27H38N4O2/c1-26-12-10-21-19(6-9-23-27(21,2)13-11-24(32)31-23)20(26)7-8-22(26)25(33)30-18-5-3-4-17(16-18)29-15-14-28/h3-5,11,13,16,19-23,29H,6-10,12,14-15,28H2,1-2H3,(H,30,33)(H,31,32)/t19-,20-,21-,22+,23+,26-,27+/m0/s1. The van der Waals surface area contributed by atoms with Crippen molar-refractivity contribution in [2.45, 2.75) is 58.4 Å². The van der Waals surface area contributed by atoms with Crippen LogP contribution in [0.25, 0.3) is 0 Å². The Morgan fingerprint density at radius 3 is 2.76 bits per heavy atom. The highest BCUT2D eigenvalue weighted by Crippen LogP contribution is 2.65. The summed E-state index contributed by atoms with van der Waals surface area (Å²) >= 11 is 0. The van der Waals surface area contributed by atoms with E-state index in [4.69, 9.17) is 5.73 Å². The van der Waals surface area contributed by atoms with E-state index >= 15 is 0 Å². The summed E-state index contributed by atoms with van der Waals surface area (Å²) in [7, 11) is 0. The first-order valence-electron chi connectivity index (χ1n) is 12.7. The van der Waals surface area contributed by atoms with E-state index in [9.17, 15) is 9.59 Å². The Morgan fingerprint density at radius 2 is 1.94 bits per heavy atom. The van der Waals surface area contributed by atoms with Gasteiger partial charge in [0.2, 0.25) is 11.8 Å². The lowest BCUT2D eigenvalue weighted by Crippen LogP contribution is -2.59. The molecule has 4 aliphatic rings. The zero-order chi connectivity index (χ0) is 23.2. The van der Waals surface area contributed by atoms with Crippen LogP contribution in [-0.4, -0.2) is 30.9 Å². The van der Waals surface area contributed by atoms with Gasteiger partial charge in [-0.1, -0.05) is 26.0 Å². The van der Waals surface area contributed by atoms with Crippen molar-refractivity contribution in [3.05, 3.63) is 36.4 Å². The van der Waals surface area contributed by atoms with E-state index in [0.717, 1.165) is 49.9 Å². The molecular weight excluding hydrogens is 412 g/mol. The van der Waals surface area contributed by atoms with Gasteiger partial charge in [-0.2, -0.15) is 0 Å². The molecule has 33 heavy (non-hydrogen) atoms. The SMILES string of the molecule is C[C@]12C=CC(=O)N[C@@H]1CC[C@@H]1[C@@H]2CC[C@]2(C)[C@@H](C(=O)Nc3cccc(NCCN)c3)CC[C@@H]12. The molecule has 1 heterocycles. The average Bonchev–Trinajstić information content (AvgIpc) is 3.16. The second kappa shape index (κ2) is 8.46. The Balaban J connectivity index is 1.32. The molecule has 6 heteroatoms. The van der Waals surface area contributed by atoms with Crippen molar-refractivity contribution in [3.63, 3.8) is 0 Å². The lowest BCUT2D eigenvalue weighted by molar-refractivity contribution is -0.129. The number of benzene rings is 1. The highest BCUT2D eigenvalue weighted by Gasteiger charge is 2.60. The zero-order valence-corrected chi connectivity index (χ0v) is 19.9. The number of nitrogens with one attached hydrogen (secondary N) is 3. The number of carbonyl (C=O) groups excluding carboxylic acids is 2. The van der Waals surface area contributed by atoms with Gasteiger partial charge in [-0.15, -0.1) is 0 Å². The first-order chi connectivity index (χ1) is 15.8. The van der Waals surface area contributed by atoms with Crippen LogP contribution in [0, 0.1) is 34.5 Å². The molecule has 0 unspecified atom stereocenters. The van der Waals surface area contributed by atoms with Gasteiger partial charge in [0, 0.05) is 41.8 Å². The second-order valence-electron chi connectivity index (χ2n) is 11.2. The smallest absolute Gasteiger partial charge is 0.243 e. The molecule has 5 rings (SSSR count). The van der Waals surface area contributed by atoms with Crippen molar-refractivity contribution in [1.29, 1.82) is 0 Å².